The molecule has 0 spiro atoms. The molecule has 1 unspecified atom stereocenters. The van der Waals surface area contributed by atoms with Gasteiger partial charge in [-0.25, -0.2) is 4.39 Å². The molecule has 0 aliphatic carbocycles. The second kappa shape index (κ2) is 5.79. The van der Waals surface area contributed by atoms with Crippen LogP contribution in [0.5, 0.6) is 5.75 Å². The number of benzene rings is 1. The minimum absolute atomic E-state index is 0.191. The maximum Gasteiger partial charge on any atom is 0.246 e. The van der Waals surface area contributed by atoms with E-state index in [0.29, 0.717) is 31.7 Å². The summed E-state index contributed by atoms with van der Waals surface area (Å²) in [5.41, 5.74) is 0.766. The normalized spacial score (nSPS) is 22.9. The lowest BCUT2D eigenvalue weighted by Gasteiger charge is -2.40. The molecule has 0 saturated carbocycles. The van der Waals surface area contributed by atoms with E-state index in [1.807, 2.05) is 0 Å². The standard InChI is InChI=1S/C16H17FN2O3/c1-2-15(20)19-7-5-13(19)16(21)18-12-6-8-22-14-9-10(17)3-4-11(12)14/h2-4,9,12-13H,1,5-8H2,(H,18,21)/t12?,13-/m0/s1. The summed E-state index contributed by atoms with van der Waals surface area (Å²) >= 11 is 0. The van der Waals surface area contributed by atoms with Crippen LogP contribution in [0.15, 0.2) is 30.9 Å². The molecule has 116 valence electrons. The number of ether oxygens (including phenoxy) is 1. The Kier molecular flexibility index (Phi) is 3.83. The Hall–Kier alpha value is -2.37. The van der Waals surface area contributed by atoms with E-state index in [1.54, 1.807) is 6.07 Å². The Morgan fingerprint density at radius 3 is 2.91 bits per heavy atom. The van der Waals surface area contributed by atoms with Gasteiger partial charge in [0.15, 0.2) is 0 Å². The highest BCUT2D eigenvalue weighted by Crippen LogP contribution is 2.33. The van der Waals surface area contributed by atoms with Crippen LogP contribution in [-0.4, -0.2) is 35.9 Å². The number of carbonyl (C=O) groups is 2. The number of rotatable bonds is 3. The summed E-state index contributed by atoms with van der Waals surface area (Å²) < 4.78 is 18.7. The van der Waals surface area contributed by atoms with Crippen molar-refractivity contribution in [2.75, 3.05) is 13.2 Å². The zero-order valence-corrected chi connectivity index (χ0v) is 12.0. The number of halogens is 1. The van der Waals surface area contributed by atoms with Crippen LogP contribution < -0.4 is 10.1 Å². The summed E-state index contributed by atoms with van der Waals surface area (Å²) in [4.78, 5) is 25.4. The number of nitrogens with one attached hydrogen (secondary N) is 1. The molecule has 1 aromatic rings. The monoisotopic (exact) mass is 304 g/mol. The molecule has 1 N–H and O–H groups in total. The highest BCUT2D eigenvalue weighted by molar-refractivity contribution is 5.94. The molecule has 5 nitrogen and oxygen atoms in total. The van der Waals surface area contributed by atoms with E-state index in [9.17, 15) is 14.0 Å². The van der Waals surface area contributed by atoms with E-state index in [1.165, 1.54) is 23.1 Å². The number of nitrogens with zero attached hydrogens (tertiary/aromatic N) is 1. The van der Waals surface area contributed by atoms with Crippen molar-refractivity contribution in [1.82, 2.24) is 10.2 Å². The zero-order valence-electron chi connectivity index (χ0n) is 12.0. The molecule has 2 aliphatic rings. The van der Waals surface area contributed by atoms with Crippen LogP contribution in [0.3, 0.4) is 0 Å². The maximum absolute atomic E-state index is 13.2. The predicted molar refractivity (Wildman–Crippen MR) is 77.7 cm³/mol. The minimum Gasteiger partial charge on any atom is -0.493 e. The van der Waals surface area contributed by atoms with Gasteiger partial charge >= 0.3 is 0 Å². The lowest BCUT2D eigenvalue weighted by Crippen LogP contribution is -2.58. The molecular formula is C16H17FN2O3. The molecule has 2 atom stereocenters. The Morgan fingerprint density at radius 2 is 2.23 bits per heavy atom. The van der Waals surface area contributed by atoms with Crippen LogP contribution >= 0.6 is 0 Å². The van der Waals surface area contributed by atoms with E-state index < -0.39 is 6.04 Å². The SMILES string of the molecule is C=CC(=O)N1CC[C@H]1C(=O)NC1CCOc2cc(F)ccc21. The average Bonchev–Trinajstić information content (AvgIpc) is 2.45. The summed E-state index contributed by atoms with van der Waals surface area (Å²) in [5, 5.41) is 2.94. The first kappa shape index (κ1) is 14.6. The van der Waals surface area contributed by atoms with Crippen LogP contribution in [0.4, 0.5) is 4.39 Å². The third kappa shape index (κ3) is 2.56. The molecule has 1 aromatic carbocycles. The van der Waals surface area contributed by atoms with Crippen molar-refractivity contribution in [3.8, 4) is 5.75 Å². The highest BCUT2D eigenvalue weighted by Gasteiger charge is 2.37. The van der Waals surface area contributed by atoms with Gasteiger partial charge in [-0.3, -0.25) is 9.59 Å². The number of amides is 2. The van der Waals surface area contributed by atoms with Gasteiger partial charge in [-0.2, -0.15) is 0 Å². The molecule has 3 rings (SSSR count). The first-order chi connectivity index (χ1) is 10.6. The Morgan fingerprint density at radius 1 is 1.41 bits per heavy atom. The predicted octanol–water partition coefficient (Wildman–Crippen LogP) is 1.55. The van der Waals surface area contributed by atoms with E-state index in [-0.39, 0.29) is 23.7 Å². The van der Waals surface area contributed by atoms with Crippen LogP contribution in [0.25, 0.3) is 0 Å². The number of hydrogen-bond acceptors (Lipinski definition) is 3. The maximum atomic E-state index is 13.2. The topological polar surface area (TPSA) is 58.6 Å². The van der Waals surface area contributed by atoms with Gasteiger partial charge in [-0.1, -0.05) is 12.6 Å². The smallest absolute Gasteiger partial charge is 0.246 e. The Labute approximate surface area is 127 Å². The molecule has 0 aromatic heterocycles. The van der Waals surface area contributed by atoms with Crippen molar-refractivity contribution in [1.29, 1.82) is 0 Å². The van der Waals surface area contributed by atoms with Crippen molar-refractivity contribution in [3.05, 3.63) is 42.2 Å². The number of carbonyl (C=O) groups excluding carboxylic acids is 2. The summed E-state index contributed by atoms with van der Waals surface area (Å²) in [5.74, 6) is -0.332. The highest BCUT2D eigenvalue weighted by atomic mass is 19.1. The second-order valence-corrected chi connectivity index (χ2v) is 5.42. The first-order valence-electron chi connectivity index (χ1n) is 7.26. The largest absolute Gasteiger partial charge is 0.493 e. The molecule has 0 bridgehead atoms. The number of likely N-dealkylation sites (tertiary alicyclic amines) is 1. The zero-order chi connectivity index (χ0) is 15.7. The number of fused-ring (bicyclic) bond motifs is 1. The van der Waals surface area contributed by atoms with Crippen molar-refractivity contribution in [2.45, 2.75) is 24.9 Å². The van der Waals surface area contributed by atoms with E-state index in [4.69, 9.17) is 4.74 Å². The van der Waals surface area contributed by atoms with Gasteiger partial charge in [-0.15, -0.1) is 0 Å². The summed E-state index contributed by atoms with van der Waals surface area (Å²) in [6, 6.07) is 3.63. The fourth-order valence-corrected chi connectivity index (χ4v) is 2.82. The van der Waals surface area contributed by atoms with E-state index >= 15 is 0 Å². The summed E-state index contributed by atoms with van der Waals surface area (Å²) in [7, 11) is 0. The fraction of sp³-hybridized carbons (Fsp3) is 0.375. The van der Waals surface area contributed by atoms with Gasteiger partial charge < -0.3 is 15.0 Å². The molecule has 1 saturated heterocycles. The van der Waals surface area contributed by atoms with Gasteiger partial charge in [0.1, 0.15) is 17.6 Å². The molecule has 6 heteroatoms. The molecule has 22 heavy (non-hydrogen) atoms. The van der Waals surface area contributed by atoms with Gasteiger partial charge in [-0.05, 0) is 18.6 Å². The molecule has 2 heterocycles. The van der Waals surface area contributed by atoms with E-state index in [0.717, 1.165) is 5.56 Å². The van der Waals surface area contributed by atoms with Crippen LogP contribution in [-0.2, 0) is 9.59 Å². The molecule has 0 radical (unpaired) electrons. The lowest BCUT2D eigenvalue weighted by atomic mass is 9.97. The van der Waals surface area contributed by atoms with Crippen molar-refractivity contribution >= 4 is 11.8 Å². The molecular weight excluding hydrogens is 287 g/mol. The third-order valence-electron chi connectivity index (χ3n) is 4.11. The van der Waals surface area contributed by atoms with Gasteiger partial charge in [0.05, 0.1) is 12.6 Å². The molecule has 2 amide bonds. The van der Waals surface area contributed by atoms with Gasteiger partial charge in [0.25, 0.3) is 0 Å². The lowest BCUT2D eigenvalue weighted by molar-refractivity contribution is -0.144. The number of hydrogen-bond donors (Lipinski definition) is 1. The van der Waals surface area contributed by atoms with Crippen LogP contribution in [0.2, 0.25) is 0 Å². The Balaban J connectivity index is 1.71. The molecule has 1 fully saturated rings. The first-order valence-corrected chi connectivity index (χ1v) is 7.26. The van der Waals surface area contributed by atoms with Crippen molar-refractivity contribution in [2.24, 2.45) is 0 Å². The van der Waals surface area contributed by atoms with Gasteiger partial charge in [0, 0.05) is 24.6 Å². The minimum atomic E-state index is -0.447. The van der Waals surface area contributed by atoms with Crippen LogP contribution in [0.1, 0.15) is 24.4 Å². The van der Waals surface area contributed by atoms with Crippen molar-refractivity contribution in [3.63, 3.8) is 0 Å². The van der Waals surface area contributed by atoms with E-state index in [2.05, 4.69) is 11.9 Å². The average molecular weight is 304 g/mol. The second-order valence-electron chi connectivity index (χ2n) is 5.42. The summed E-state index contributed by atoms with van der Waals surface area (Å²) in [6.45, 7) is 4.42. The summed E-state index contributed by atoms with van der Waals surface area (Å²) in [6.07, 6.45) is 2.48. The van der Waals surface area contributed by atoms with Crippen LogP contribution in [0, 0.1) is 5.82 Å². The Bertz CT molecular complexity index is 632. The fourth-order valence-electron chi connectivity index (χ4n) is 2.82. The van der Waals surface area contributed by atoms with Crippen molar-refractivity contribution < 1.29 is 18.7 Å². The quantitative estimate of drug-likeness (QED) is 0.862. The van der Waals surface area contributed by atoms with Gasteiger partial charge in [0.2, 0.25) is 11.8 Å². The molecule has 2 aliphatic heterocycles. The third-order valence-corrected chi connectivity index (χ3v) is 4.11.